The molecule has 0 unspecified atom stereocenters. The van der Waals surface area contributed by atoms with Crippen LogP contribution in [0.5, 0.6) is 0 Å². The van der Waals surface area contributed by atoms with E-state index < -0.39 is 10.0 Å². The Kier molecular flexibility index (Phi) is 5.58. The maximum absolute atomic E-state index is 11.8. The SMILES string of the molecule is CC(C)OCCS(=O)(=O)Nc1ccccc1CN. The van der Waals surface area contributed by atoms with E-state index in [1.54, 1.807) is 18.2 Å². The molecule has 1 aromatic carbocycles. The Morgan fingerprint density at radius 3 is 2.61 bits per heavy atom. The fourth-order valence-electron chi connectivity index (χ4n) is 1.41. The van der Waals surface area contributed by atoms with Gasteiger partial charge in [0.1, 0.15) is 0 Å². The van der Waals surface area contributed by atoms with E-state index in [2.05, 4.69) is 4.72 Å². The van der Waals surface area contributed by atoms with Crippen LogP contribution in [0, 0.1) is 0 Å². The highest BCUT2D eigenvalue weighted by Crippen LogP contribution is 2.15. The van der Waals surface area contributed by atoms with Crippen LogP contribution in [0.25, 0.3) is 0 Å². The highest BCUT2D eigenvalue weighted by molar-refractivity contribution is 7.92. The first kappa shape index (κ1) is 14.9. The molecule has 0 fully saturated rings. The number of hydrogen-bond acceptors (Lipinski definition) is 4. The number of hydrogen-bond donors (Lipinski definition) is 2. The van der Waals surface area contributed by atoms with Gasteiger partial charge in [0.2, 0.25) is 10.0 Å². The van der Waals surface area contributed by atoms with Gasteiger partial charge in [0.25, 0.3) is 0 Å². The van der Waals surface area contributed by atoms with Gasteiger partial charge in [-0.1, -0.05) is 18.2 Å². The number of nitrogens with two attached hydrogens (primary N) is 1. The van der Waals surface area contributed by atoms with Gasteiger partial charge in [-0.2, -0.15) is 0 Å². The lowest BCUT2D eigenvalue weighted by molar-refractivity contribution is 0.0913. The van der Waals surface area contributed by atoms with Crippen LogP contribution in [0.1, 0.15) is 19.4 Å². The minimum atomic E-state index is -3.39. The normalized spacial score (nSPS) is 11.8. The summed E-state index contributed by atoms with van der Waals surface area (Å²) in [4.78, 5) is 0. The van der Waals surface area contributed by atoms with Crippen LogP contribution >= 0.6 is 0 Å². The van der Waals surface area contributed by atoms with Gasteiger partial charge < -0.3 is 10.5 Å². The van der Waals surface area contributed by atoms with Crippen LogP contribution in [-0.4, -0.2) is 26.9 Å². The van der Waals surface area contributed by atoms with Crippen LogP contribution in [0.4, 0.5) is 5.69 Å². The van der Waals surface area contributed by atoms with Gasteiger partial charge in [0, 0.05) is 6.54 Å². The van der Waals surface area contributed by atoms with Crippen molar-refractivity contribution >= 4 is 15.7 Å². The fraction of sp³-hybridized carbons (Fsp3) is 0.500. The summed E-state index contributed by atoms with van der Waals surface area (Å²) in [7, 11) is -3.39. The molecular formula is C12H20N2O3S. The molecule has 0 spiro atoms. The summed E-state index contributed by atoms with van der Waals surface area (Å²) in [6, 6.07) is 7.08. The summed E-state index contributed by atoms with van der Waals surface area (Å²) in [5, 5.41) is 0. The quantitative estimate of drug-likeness (QED) is 0.784. The zero-order chi connectivity index (χ0) is 13.6. The number of nitrogens with one attached hydrogen (secondary N) is 1. The van der Waals surface area contributed by atoms with Crippen molar-refractivity contribution in [3.05, 3.63) is 29.8 Å². The maximum atomic E-state index is 11.8. The highest BCUT2D eigenvalue weighted by Gasteiger charge is 2.12. The highest BCUT2D eigenvalue weighted by atomic mass is 32.2. The molecule has 0 heterocycles. The molecule has 0 aromatic heterocycles. The van der Waals surface area contributed by atoms with Crippen molar-refractivity contribution in [2.75, 3.05) is 17.1 Å². The Bertz CT molecular complexity index is 472. The van der Waals surface area contributed by atoms with Crippen LogP contribution in [0.2, 0.25) is 0 Å². The maximum Gasteiger partial charge on any atom is 0.235 e. The lowest BCUT2D eigenvalue weighted by Gasteiger charge is -2.12. The molecule has 1 aromatic rings. The first-order valence-electron chi connectivity index (χ1n) is 5.84. The topological polar surface area (TPSA) is 81.4 Å². The average molecular weight is 272 g/mol. The minimum absolute atomic E-state index is 0.0246. The van der Waals surface area contributed by atoms with Gasteiger partial charge in [0.05, 0.1) is 24.2 Å². The van der Waals surface area contributed by atoms with Gasteiger partial charge in [0.15, 0.2) is 0 Å². The van der Waals surface area contributed by atoms with Crippen molar-refractivity contribution < 1.29 is 13.2 Å². The summed E-state index contributed by atoms with van der Waals surface area (Å²) in [6.07, 6.45) is 0.0246. The van der Waals surface area contributed by atoms with Gasteiger partial charge in [-0.15, -0.1) is 0 Å². The standard InChI is InChI=1S/C12H20N2O3S/c1-10(2)17-7-8-18(15,16)14-12-6-4-3-5-11(12)9-13/h3-6,10,14H,7-9,13H2,1-2H3. The number of benzene rings is 1. The van der Waals surface area contributed by atoms with Crippen LogP contribution in [0.15, 0.2) is 24.3 Å². The van der Waals surface area contributed by atoms with Crippen molar-refractivity contribution in [3.63, 3.8) is 0 Å². The Labute approximate surface area is 108 Å². The summed E-state index contributed by atoms with van der Waals surface area (Å²) < 4.78 is 31.4. The summed E-state index contributed by atoms with van der Waals surface area (Å²) in [6.45, 7) is 4.20. The second-order valence-corrected chi connectivity index (χ2v) is 6.04. The molecule has 1 rings (SSSR count). The third kappa shape index (κ3) is 5.03. The number of anilines is 1. The molecule has 0 aliphatic heterocycles. The summed E-state index contributed by atoms with van der Waals surface area (Å²) in [5.74, 6) is -0.0654. The molecule has 0 amide bonds. The predicted molar refractivity (Wildman–Crippen MR) is 72.8 cm³/mol. The van der Waals surface area contributed by atoms with Gasteiger partial charge in [-0.3, -0.25) is 4.72 Å². The zero-order valence-electron chi connectivity index (χ0n) is 10.7. The van der Waals surface area contributed by atoms with Gasteiger partial charge in [-0.05, 0) is 25.5 Å². The second kappa shape index (κ2) is 6.72. The molecule has 0 saturated carbocycles. The molecule has 102 valence electrons. The Hall–Kier alpha value is -1.11. The number of para-hydroxylation sites is 1. The molecule has 5 nitrogen and oxygen atoms in total. The third-order valence-electron chi connectivity index (χ3n) is 2.31. The molecule has 0 aliphatic carbocycles. The first-order chi connectivity index (χ1) is 8.44. The van der Waals surface area contributed by atoms with Crippen molar-refractivity contribution in [2.24, 2.45) is 5.73 Å². The fourth-order valence-corrected chi connectivity index (χ4v) is 2.36. The third-order valence-corrected chi connectivity index (χ3v) is 3.54. The molecule has 0 saturated heterocycles. The lowest BCUT2D eigenvalue weighted by atomic mass is 10.2. The molecule has 3 N–H and O–H groups in total. The molecule has 18 heavy (non-hydrogen) atoms. The van der Waals surface area contributed by atoms with Crippen molar-refractivity contribution in [1.82, 2.24) is 0 Å². The van der Waals surface area contributed by atoms with Crippen LogP contribution in [0.3, 0.4) is 0 Å². The van der Waals surface area contributed by atoms with Gasteiger partial charge >= 0.3 is 0 Å². The number of rotatable bonds is 7. The van der Waals surface area contributed by atoms with E-state index in [-0.39, 0.29) is 18.5 Å². The van der Waals surface area contributed by atoms with E-state index >= 15 is 0 Å². The Morgan fingerprint density at radius 1 is 1.33 bits per heavy atom. The average Bonchev–Trinajstić information content (AvgIpc) is 2.28. The molecule has 0 radical (unpaired) electrons. The summed E-state index contributed by atoms with van der Waals surface area (Å²) in [5.41, 5.74) is 6.85. The Balaban J connectivity index is 2.65. The zero-order valence-corrected chi connectivity index (χ0v) is 11.5. The Morgan fingerprint density at radius 2 is 2.00 bits per heavy atom. The number of ether oxygens (including phenoxy) is 1. The molecule has 0 atom stereocenters. The minimum Gasteiger partial charge on any atom is -0.378 e. The number of sulfonamides is 1. The van der Waals surface area contributed by atoms with Crippen molar-refractivity contribution in [3.8, 4) is 0 Å². The van der Waals surface area contributed by atoms with Crippen LogP contribution in [-0.2, 0) is 21.3 Å². The molecule has 0 aliphatic rings. The van der Waals surface area contributed by atoms with Crippen LogP contribution < -0.4 is 10.5 Å². The van der Waals surface area contributed by atoms with E-state index in [0.29, 0.717) is 12.2 Å². The van der Waals surface area contributed by atoms with Crippen molar-refractivity contribution in [2.45, 2.75) is 26.5 Å². The predicted octanol–water partition coefficient (Wildman–Crippen LogP) is 1.31. The van der Waals surface area contributed by atoms with E-state index in [4.69, 9.17) is 10.5 Å². The molecular weight excluding hydrogens is 252 g/mol. The van der Waals surface area contributed by atoms with E-state index in [9.17, 15) is 8.42 Å². The second-order valence-electron chi connectivity index (χ2n) is 4.20. The monoisotopic (exact) mass is 272 g/mol. The molecule has 6 heteroatoms. The van der Waals surface area contributed by atoms with E-state index in [0.717, 1.165) is 5.56 Å². The van der Waals surface area contributed by atoms with E-state index in [1.807, 2.05) is 19.9 Å². The summed E-state index contributed by atoms with van der Waals surface area (Å²) >= 11 is 0. The molecule has 0 bridgehead atoms. The first-order valence-corrected chi connectivity index (χ1v) is 7.50. The van der Waals surface area contributed by atoms with Gasteiger partial charge in [-0.25, -0.2) is 8.42 Å². The van der Waals surface area contributed by atoms with Crippen molar-refractivity contribution in [1.29, 1.82) is 0 Å². The smallest absolute Gasteiger partial charge is 0.235 e. The largest absolute Gasteiger partial charge is 0.378 e. The lowest BCUT2D eigenvalue weighted by Crippen LogP contribution is -2.22. The van der Waals surface area contributed by atoms with E-state index in [1.165, 1.54) is 0 Å².